The summed E-state index contributed by atoms with van der Waals surface area (Å²) in [5, 5.41) is 2.79. The average molecular weight is 355 g/mol. The summed E-state index contributed by atoms with van der Waals surface area (Å²) in [6.45, 7) is 6.76. The van der Waals surface area contributed by atoms with E-state index in [2.05, 4.69) is 30.8 Å². The molecule has 0 radical (unpaired) electrons. The fourth-order valence-corrected chi connectivity index (χ4v) is 2.33. The number of methoxy groups -OCH3 is 1. The highest BCUT2D eigenvalue weighted by Crippen LogP contribution is 2.24. The van der Waals surface area contributed by atoms with E-state index in [1.807, 2.05) is 24.3 Å². The maximum atomic E-state index is 11.9. The summed E-state index contributed by atoms with van der Waals surface area (Å²) in [6, 6.07) is 14.7. The molecule has 0 spiro atoms. The molecule has 0 heterocycles. The lowest BCUT2D eigenvalue weighted by Gasteiger charge is -2.19. The lowest BCUT2D eigenvalue weighted by atomic mass is 9.87. The minimum Gasteiger partial charge on any atom is -0.484 e. The minimum atomic E-state index is -0.383. The Morgan fingerprint density at radius 2 is 1.58 bits per heavy atom. The number of rotatable bonds is 6. The minimum absolute atomic E-state index is 0.0465. The Morgan fingerprint density at radius 1 is 0.962 bits per heavy atom. The van der Waals surface area contributed by atoms with Gasteiger partial charge in [-0.3, -0.25) is 4.79 Å². The quantitative estimate of drug-likeness (QED) is 0.806. The first-order valence-electron chi connectivity index (χ1n) is 8.47. The molecular formula is C21H25NO4. The Labute approximate surface area is 154 Å². The smallest absolute Gasteiger partial charge is 0.337 e. The maximum absolute atomic E-state index is 11.9. The van der Waals surface area contributed by atoms with E-state index in [0.717, 1.165) is 5.56 Å². The molecule has 1 N–H and O–H groups in total. The third kappa shape index (κ3) is 5.62. The number of benzene rings is 2. The molecule has 1 amide bonds. The molecule has 0 unspecified atom stereocenters. The van der Waals surface area contributed by atoms with Crippen molar-refractivity contribution in [2.24, 2.45) is 0 Å². The summed E-state index contributed by atoms with van der Waals surface area (Å²) in [4.78, 5) is 23.3. The van der Waals surface area contributed by atoms with E-state index in [9.17, 15) is 9.59 Å². The molecule has 2 aromatic rings. The molecule has 138 valence electrons. The lowest BCUT2D eigenvalue weighted by molar-refractivity contribution is -0.123. The zero-order chi connectivity index (χ0) is 19.2. The van der Waals surface area contributed by atoms with Gasteiger partial charge in [-0.2, -0.15) is 0 Å². The summed E-state index contributed by atoms with van der Waals surface area (Å²) in [5.41, 5.74) is 2.66. The van der Waals surface area contributed by atoms with Gasteiger partial charge in [0.2, 0.25) is 0 Å². The van der Waals surface area contributed by atoms with Crippen LogP contribution in [-0.4, -0.2) is 25.6 Å². The van der Waals surface area contributed by atoms with E-state index in [1.54, 1.807) is 24.3 Å². The SMILES string of the molecule is COC(=O)c1ccc(CNC(=O)COc2ccc(C(C)(C)C)cc2)cc1. The van der Waals surface area contributed by atoms with Gasteiger partial charge in [0.05, 0.1) is 12.7 Å². The van der Waals surface area contributed by atoms with Gasteiger partial charge in [0.15, 0.2) is 6.61 Å². The zero-order valence-corrected chi connectivity index (χ0v) is 15.7. The fraction of sp³-hybridized carbons (Fsp3) is 0.333. The highest BCUT2D eigenvalue weighted by molar-refractivity contribution is 5.89. The molecule has 0 bridgehead atoms. The molecule has 0 saturated heterocycles. The van der Waals surface area contributed by atoms with Crippen LogP contribution in [0.3, 0.4) is 0 Å². The van der Waals surface area contributed by atoms with Gasteiger partial charge in [-0.1, -0.05) is 45.0 Å². The van der Waals surface area contributed by atoms with Crippen LogP contribution in [0, 0.1) is 0 Å². The highest BCUT2D eigenvalue weighted by Gasteiger charge is 2.13. The topological polar surface area (TPSA) is 64.6 Å². The molecule has 26 heavy (non-hydrogen) atoms. The van der Waals surface area contributed by atoms with Crippen LogP contribution in [-0.2, 0) is 21.5 Å². The molecule has 0 saturated carbocycles. The molecule has 5 nitrogen and oxygen atoms in total. The van der Waals surface area contributed by atoms with Crippen molar-refractivity contribution in [3.63, 3.8) is 0 Å². The number of ether oxygens (including phenoxy) is 2. The van der Waals surface area contributed by atoms with Gasteiger partial charge in [0.25, 0.3) is 5.91 Å². The number of hydrogen-bond acceptors (Lipinski definition) is 4. The maximum Gasteiger partial charge on any atom is 0.337 e. The second-order valence-corrected chi connectivity index (χ2v) is 7.03. The molecule has 0 aliphatic heterocycles. The molecular weight excluding hydrogens is 330 g/mol. The monoisotopic (exact) mass is 355 g/mol. The summed E-state index contributed by atoms with van der Waals surface area (Å²) >= 11 is 0. The molecule has 2 aromatic carbocycles. The van der Waals surface area contributed by atoms with Crippen molar-refractivity contribution in [1.29, 1.82) is 0 Å². The molecule has 0 aliphatic rings. The normalized spacial score (nSPS) is 10.9. The average Bonchev–Trinajstić information content (AvgIpc) is 2.64. The fourth-order valence-electron chi connectivity index (χ4n) is 2.33. The zero-order valence-electron chi connectivity index (χ0n) is 15.7. The lowest BCUT2D eigenvalue weighted by Crippen LogP contribution is -2.28. The predicted molar refractivity (Wildman–Crippen MR) is 100 cm³/mol. The second kappa shape index (κ2) is 8.52. The number of nitrogens with one attached hydrogen (secondary N) is 1. The molecule has 0 aliphatic carbocycles. The summed E-state index contributed by atoms with van der Waals surface area (Å²) in [6.07, 6.45) is 0. The number of carbonyl (C=O) groups excluding carboxylic acids is 2. The van der Waals surface area contributed by atoms with Gasteiger partial charge in [-0.15, -0.1) is 0 Å². The molecule has 5 heteroatoms. The summed E-state index contributed by atoms with van der Waals surface area (Å²) in [7, 11) is 1.34. The third-order valence-electron chi connectivity index (χ3n) is 3.95. The molecule has 0 atom stereocenters. The first kappa shape index (κ1) is 19.5. The summed E-state index contributed by atoms with van der Waals surface area (Å²) < 4.78 is 10.2. The predicted octanol–water partition coefficient (Wildman–Crippen LogP) is 3.47. The molecule has 2 rings (SSSR count). The van der Waals surface area contributed by atoms with E-state index >= 15 is 0 Å². The van der Waals surface area contributed by atoms with Crippen molar-refractivity contribution >= 4 is 11.9 Å². The number of amides is 1. The van der Waals surface area contributed by atoms with Crippen LogP contribution in [0.2, 0.25) is 0 Å². The Hall–Kier alpha value is -2.82. The van der Waals surface area contributed by atoms with Crippen LogP contribution >= 0.6 is 0 Å². The van der Waals surface area contributed by atoms with Crippen molar-refractivity contribution in [1.82, 2.24) is 5.32 Å². The summed E-state index contributed by atoms with van der Waals surface area (Å²) in [5.74, 6) is 0.0731. The van der Waals surface area contributed by atoms with E-state index in [0.29, 0.717) is 17.9 Å². The van der Waals surface area contributed by atoms with Crippen molar-refractivity contribution in [3.05, 3.63) is 65.2 Å². The third-order valence-corrected chi connectivity index (χ3v) is 3.95. The van der Waals surface area contributed by atoms with Crippen molar-refractivity contribution < 1.29 is 19.1 Å². The van der Waals surface area contributed by atoms with Gasteiger partial charge in [0, 0.05) is 6.54 Å². The van der Waals surface area contributed by atoms with E-state index < -0.39 is 0 Å². The van der Waals surface area contributed by atoms with Crippen LogP contribution in [0.5, 0.6) is 5.75 Å². The second-order valence-electron chi connectivity index (χ2n) is 7.03. The number of carbonyl (C=O) groups is 2. The van der Waals surface area contributed by atoms with Crippen LogP contribution in [0.25, 0.3) is 0 Å². The van der Waals surface area contributed by atoms with Gasteiger partial charge in [0.1, 0.15) is 5.75 Å². The van der Waals surface area contributed by atoms with Crippen LogP contribution in [0.15, 0.2) is 48.5 Å². The van der Waals surface area contributed by atoms with Crippen LogP contribution in [0.4, 0.5) is 0 Å². The Kier molecular flexibility index (Phi) is 6.39. The van der Waals surface area contributed by atoms with Crippen LogP contribution in [0.1, 0.15) is 42.3 Å². The first-order valence-corrected chi connectivity index (χ1v) is 8.47. The molecule has 0 fully saturated rings. The van der Waals surface area contributed by atoms with E-state index in [1.165, 1.54) is 12.7 Å². The van der Waals surface area contributed by atoms with Crippen molar-refractivity contribution in [2.45, 2.75) is 32.7 Å². The van der Waals surface area contributed by atoms with Crippen molar-refractivity contribution in [2.75, 3.05) is 13.7 Å². The molecule has 0 aromatic heterocycles. The Morgan fingerprint density at radius 3 is 2.12 bits per heavy atom. The number of esters is 1. The largest absolute Gasteiger partial charge is 0.484 e. The van der Waals surface area contributed by atoms with E-state index in [4.69, 9.17) is 4.74 Å². The van der Waals surface area contributed by atoms with E-state index in [-0.39, 0.29) is 23.9 Å². The van der Waals surface area contributed by atoms with Crippen molar-refractivity contribution in [3.8, 4) is 5.75 Å². The highest BCUT2D eigenvalue weighted by atomic mass is 16.5. The first-order chi connectivity index (χ1) is 12.3. The number of hydrogen-bond donors (Lipinski definition) is 1. The van der Waals surface area contributed by atoms with Crippen LogP contribution < -0.4 is 10.1 Å². The Bertz CT molecular complexity index is 743. The van der Waals surface area contributed by atoms with Gasteiger partial charge in [-0.05, 0) is 40.8 Å². The van der Waals surface area contributed by atoms with Gasteiger partial charge in [-0.25, -0.2) is 4.79 Å². The van der Waals surface area contributed by atoms with Gasteiger partial charge < -0.3 is 14.8 Å². The van der Waals surface area contributed by atoms with Gasteiger partial charge >= 0.3 is 5.97 Å². The standard InChI is InChI=1S/C21H25NO4/c1-21(2,3)17-9-11-18(12-10-17)26-14-19(23)22-13-15-5-7-16(8-6-15)20(24)25-4/h5-12H,13-14H2,1-4H3,(H,22,23). The Balaban J connectivity index is 1.79.